The van der Waals surface area contributed by atoms with Crippen LogP contribution in [0.4, 0.5) is 4.79 Å². The summed E-state index contributed by atoms with van der Waals surface area (Å²) in [5.41, 5.74) is 0.562. The van der Waals surface area contributed by atoms with E-state index >= 15 is 0 Å². The van der Waals surface area contributed by atoms with Crippen LogP contribution in [-0.4, -0.2) is 50.1 Å². The lowest BCUT2D eigenvalue weighted by Crippen LogP contribution is -2.40. The van der Waals surface area contributed by atoms with E-state index in [-0.39, 0.29) is 6.09 Å². The van der Waals surface area contributed by atoms with Gasteiger partial charge in [0.1, 0.15) is 5.60 Å². The molecule has 1 amide bonds. The topological polar surface area (TPSA) is 87.7 Å². The molecule has 2 unspecified atom stereocenters. The predicted molar refractivity (Wildman–Crippen MR) is 117 cm³/mol. The number of hydrogen-bond acceptors (Lipinski definition) is 5. The lowest BCUT2D eigenvalue weighted by Gasteiger charge is -2.24. The number of nitrogens with one attached hydrogen (secondary N) is 2. The number of nitrogens with zero attached hydrogens (tertiary/aromatic N) is 1. The van der Waals surface area contributed by atoms with E-state index in [4.69, 9.17) is 4.74 Å². The molecule has 0 aromatic heterocycles. The van der Waals surface area contributed by atoms with Crippen molar-refractivity contribution in [3.05, 3.63) is 29.8 Å². The number of amides is 1. The van der Waals surface area contributed by atoms with Crippen molar-refractivity contribution in [1.29, 1.82) is 0 Å². The number of benzene rings is 1. The van der Waals surface area contributed by atoms with E-state index in [1.165, 1.54) is 0 Å². The van der Waals surface area contributed by atoms with Gasteiger partial charge in [0.05, 0.1) is 4.90 Å². The summed E-state index contributed by atoms with van der Waals surface area (Å²) in [5, 5.41) is 6.47. The molecule has 0 radical (unpaired) electrons. The first-order chi connectivity index (χ1) is 14.1. The molecule has 2 fully saturated rings. The highest BCUT2D eigenvalue weighted by molar-refractivity contribution is 7.89. The Bertz CT molecular complexity index is 812. The first-order valence-corrected chi connectivity index (χ1v) is 12.4. The summed E-state index contributed by atoms with van der Waals surface area (Å²) in [6.07, 6.45) is 4.77. The van der Waals surface area contributed by atoms with Gasteiger partial charge in [0.2, 0.25) is 10.0 Å². The number of ether oxygens (including phenoxy) is 1. The van der Waals surface area contributed by atoms with Crippen molar-refractivity contribution in [3.63, 3.8) is 0 Å². The summed E-state index contributed by atoms with van der Waals surface area (Å²) >= 11 is 0. The average molecular weight is 438 g/mol. The van der Waals surface area contributed by atoms with Gasteiger partial charge in [0.15, 0.2) is 0 Å². The number of carbonyl (C=O) groups excluding carboxylic acids is 1. The Kier molecular flexibility index (Phi) is 7.42. The Balaban J connectivity index is 1.49. The van der Waals surface area contributed by atoms with Crippen LogP contribution in [0.15, 0.2) is 29.2 Å². The molecule has 3 rings (SSSR count). The Morgan fingerprint density at radius 1 is 1.10 bits per heavy atom. The van der Waals surface area contributed by atoms with Gasteiger partial charge < -0.3 is 15.4 Å². The molecule has 1 saturated heterocycles. The molecule has 2 atom stereocenters. The van der Waals surface area contributed by atoms with Gasteiger partial charge in [-0.25, -0.2) is 13.2 Å². The Morgan fingerprint density at radius 2 is 1.77 bits per heavy atom. The average Bonchev–Trinajstić information content (AvgIpc) is 3.36. The van der Waals surface area contributed by atoms with Crippen molar-refractivity contribution in [2.45, 2.75) is 76.0 Å². The lowest BCUT2D eigenvalue weighted by atomic mass is 10.0. The summed E-state index contributed by atoms with van der Waals surface area (Å²) in [6, 6.07) is 7.52. The van der Waals surface area contributed by atoms with Crippen molar-refractivity contribution >= 4 is 16.1 Å². The maximum absolute atomic E-state index is 12.6. The van der Waals surface area contributed by atoms with Crippen LogP contribution in [-0.2, 0) is 21.3 Å². The van der Waals surface area contributed by atoms with Crippen molar-refractivity contribution in [2.24, 2.45) is 5.92 Å². The maximum Gasteiger partial charge on any atom is 0.407 e. The van der Waals surface area contributed by atoms with E-state index in [1.54, 1.807) is 16.4 Å². The van der Waals surface area contributed by atoms with Crippen molar-refractivity contribution in [3.8, 4) is 0 Å². The molecule has 2 aliphatic rings. The quantitative estimate of drug-likeness (QED) is 0.684. The van der Waals surface area contributed by atoms with Gasteiger partial charge in [-0.1, -0.05) is 18.6 Å². The van der Waals surface area contributed by atoms with E-state index in [2.05, 4.69) is 10.6 Å². The molecule has 1 heterocycles. The standard InChI is InChI=1S/C22H35N3O4S/c1-22(2,3)29-21(26)24-16-18-7-6-8-20(18)23-15-17-9-11-19(12-10-17)30(27,28)25-13-4-5-14-25/h9-12,18,20,23H,4-8,13-16H2,1-3H3,(H,24,26). The monoisotopic (exact) mass is 437 g/mol. The molecule has 30 heavy (non-hydrogen) atoms. The summed E-state index contributed by atoms with van der Waals surface area (Å²) in [7, 11) is -3.36. The molecular formula is C22H35N3O4S. The zero-order chi connectivity index (χ0) is 21.8. The van der Waals surface area contributed by atoms with Crippen LogP contribution in [0.25, 0.3) is 0 Å². The van der Waals surface area contributed by atoms with Gasteiger partial charge in [-0.3, -0.25) is 0 Å². The third-order valence-electron chi connectivity index (χ3n) is 5.76. The van der Waals surface area contributed by atoms with Gasteiger partial charge in [-0.15, -0.1) is 0 Å². The van der Waals surface area contributed by atoms with Crippen molar-refractivity contribution in [1.82, 2.24) is 14.9 Å². The van der Waals surface area contributed by atoms with Crippen molar-refractivity contribution in [2.75, 3.05) is 19.6 Å². The fourth-order valence-electron chi connectivity index (χ4n) is 4.18. The molecule has 2 N–H and O–H groups in total. The maximum atomic E-state index is 12.6. The number of hydrogen-bond donors (Lipinski definition) is 2. The number of carbonyl (C=O) groups is 1. The zero-order valence-corrected chi connectivity index (χ0v) is 19.1. The van der Waals surface area contributed by atoms with Crippen LogP contribution in [0, 0.1) is 5.92 Å². The minimum atomic E-state index is -3.36. The van der Waals surface area contributed by atoms with E-state index in [0.717, 1.165) is 37.7 Å². The lowest BCUT2D eigenvalue weighted by molar-refractivity contribution is 0.0517. The Hall–Kier alpha value is -1.64. The Labute approximate surface area is 180 Å². The van der Waals surface area contributed by atoms with Crippen LogP contribution < -0.4 is 10.6 Å². The summed E-state index contributed by atoms with van der Waals surface area (Å²) in [5.74, 6) is 0.368. The third kappa shape index (κ3) is 6.18. The van der Waals surface area contributed by atoms with Gasteiger partial charge in [-0.2, -0.15) is 4.31 Å². The number of sulfonamides is 1. The highest BCUT2D eigenvalue weighted by Gasteiger charge is 2.29. The molecular weight excluding hydrogens is 402 g/mol. The third-order valence-corrected chi connectivity index (χ3v) is 7.67. The van der Waals surface area contributed by atoms with E-state index < -0.39 is 15.6 Å². The summed E-state index contributed by atoms with van der Waals surface area (Å²) < 4.78 is 32.2. The molecule has 1 aromatic carbocycles. The van der Waals surface area contributed by atoms with Crippen LogP contribution in [0.3, 0.4) is 0 Å². The second kappa shape index (κ2) is 9.66. The van der Waals surface area contributed by atoms with Gasteiger partial charge in [0.25, 0.3) is 0 Å². The second-order valence-corrected chi connectivity index (χ2v) is 11.3. The molecule has 1 aromatic rings. The van der Waals surface area contributed by atoms with Gasteiger partial charge in [-0.05, 0) is 70.1 Å². The summed E-state index contributed by atoms with van der Waals surface area (Å²) in [6.45, 7) is 8.08. The molecule has 8 heteroatoms. The van der Waals surface area contributed by atoms with Crippen molar-refractivity contribution < 1.29 is 17.9 Å². The van der Waals surface area contributed by atoms with Crippen LogP contribution in [0.2, 0.25) is 0 Å². The molecule has 168 valence electrons. The minimum Gasteiger partial charge on any atom is -0.444 e. The molecule has 1 aliphatic carbocycles. The largest absolute Gasteiger partial charge is 0.444 e. The highest BCUT2D eigenvalue weighted by Crippen LogP contribution is 2.26. The highest BCUT2D eigenvalue weighted by atomic mass is 32.2. The molecule has 0 bridgehead atoms. The number of rotatable bonds is 7. The van der Waals surface area contributed by atoms with E-state index in [9.17, 15) is 13.2 Å². The van der Waals surface area contributed by atoms with Gasteiger partial charge in [0, 0.05) is 32.2 Å². The molecule has 7 nitrogen and oxygen atoms in total. The van der Waals surface area contributed by atoms with Crippen LogP contribution in [0.1, 0.15) is 58.4 Å². The smallest absolute Gasteiger partial charge is 0.407 e. The fraction of sp³-hybridized carbons (Fsp3) is 0.682. The predicted octanol–water partition coefficient (Wildman–Crippen LogP) is 3.25. The van der Waals surface area contributed by atoms with Crippen LogP contribution >= 0.6 is 0 Å². The Morgan fingerprint density at radius 3 is 2.40 bits per heavy atom. The van der Waals surface area contributed by atoms with Gasteiger partial charge >= 0.3 is 6.09 Å². The van der Waals surface area contributed by atoms with Crippen LogP contribution in [0.5, 0.6) is 0 Å². The normalized spacial score (nSPS) is 22.9. The summed E-state index contributed by atoms with van der Waals surface area (Å²) in [4.78, 5) is 12.3. The first-order valence-electron chi connectivity index (χ1n) is 10.9. The minimum absolute atomic E-state index is 0.327. The second-order valence-electron chi connectivity index (χ2n) is 9.32. The SMILES string of the molecule is CC(C)(C)OC(=O)NCC1CCCC1NCc1ccc(S(=O)(=O)N2CCCC2)cc1. The molecule has 1 aliphatic heterocycles. The van der Waals surface area contributed by atoms with E-state index in [0.29, 0.717) is 43.0 Å². The zero-order valence-electron chi connectivity index (χ0n) is 18.3. The fourth-order valence-corrected chi connectivity index (χ4v) is 5.70. The molecule has 0 spiro atoms. The van der Waals surface area contributed by atoms with E-state index in [1.807, 2.05) is 32.9 Å². The first kappa shape index (κ1) is 23.0. The number of alkyl carbamates (subject to hydrolysis) is 1. The molecule has 1 saturated carbocycles.